The summed E-state index contributed by atoms with van der Waals surface area (Å²) in [5, 5.41) is 11.8. The van der Waals surface area contributed by atoms with Crippen LogP contribution < -0.4 is 11.1 Å². The first-order valence-corrected chi connectivity index (χ1v) is 7.75. The average molecular weight is 406 g/mol. The van der Waals surface area contributed by atoms with Crippen LogP contribution in [0.2, 0.25) is 0 Å². The van der Waals surface area contributed by atoms with Gasteiger partial charge in [-0.3, -0.25) is 4.79 Å². The van der Waals surface area contributed by atoms with Crippen LogP contribution in [0.5, 0.6) is 0 Å². The Labute approximate surface area is 133 Å². The average Bonchev–Trinajstić information content (AvgIpc) is 3.15. The fraction of sp³-hybridized carbons (Fsp3) is 0.385. The molecule has 1 aliphatic rings. The van der Waals surface area contributed by atoms with Gasteiger partial charge in [-0.2, -0.15) is 0 Å². The van der Waals surface area contributed by atoms with Crippen molar-refractivity contribution >= 4 is 49.4 Å². The number of benzene rings is 1. The molecule has 1 aromatic carbocycles. The molecule has 0 aliphatic heterocycles. The van der Waals surface area contributed by atoms with E-state index in [-0.39, 0.29) is 29.6 Å². The molecule has 5 nitrogen and oxygen atoms in total. The Morgan fingerprint density at radius 1 is 1.40 bits per heavy atom. The van der Waals surface area contributed by atoms with Gasteiger partial charge in [0.05, 0.1) is 11.3 Å². The Morgan fingerprint density at radius 2 is 2.05 bits per heavy atom. The third-order valence-corrected chi connectivity index (χ3v) is 4.28. The summed E-state index contributed by atoms with van der Waals surface area (Å²) in [6.07, 6.45) is 2.33. The molecule has 0 spiro atoms. The van der Waals surface area contributed by atoms with E-state index >= 15 is 0 Å². The second-order valence-corrected chi connectivity index (χ2v) is 6.64. The molecule has 0 aromatic heterocycles. The molecular weight excluding hydrogens is 392 g/mol. The maximum absolute atomic E-state index is 12.0. The van der Waals surface area contributed by atoms with Crippen LogP contribution in [0.4, 0.5) is 5.69 Å². The lowest BCUT2D eigenvalue weighted by molar-refractivity contribution is -0.116. The number of carboxylic acid groups (broad SMARTS) is 1. The highest BCUT2D eigenvalue weighted by molar-refractivity contribution is 9.11. The number of aromatic carboxylic acids is 1. The first-order chi connectivity index (χ1) is 9.38. The van der Waals surface area contributed by atoms with E-state index < -0.39 is 5.97 Å². The lowest BCUT2D eigenvalue weighted by atomic mass is 10.1. The Morgan fingerprint density at radius 3 is 2.60 bits per heavy atom. The largest absolute Gasteiger partial charge is 0.478 e. The number of carbonyl (C=O) groups is 2. The van der Waals surface area contributed by atoms with Crippen molar-refractivity contribution in [3.8, 4) is 0 Å². The van der Waals surface area contributed by atoms with Crippen LogP contribution in [-0.2, 0) is 4.79 Å². The number of carboxylic acids is 1. The molecule has 1 aromatic rings. The summed E-state index contributed by atoms with van der Waals surface area (Å²) in [6.45, 7) is 0. The van der Waals surface area contributed by atoms with E-state index in [2.05, 4.69) is 37.2 Å². The summed E-state index contributed by atoms with van der Waals surface area (Å²) in [5.74, 6) is -0.947. The molecule has 0 saturated heterocycles. The van der Waals surface area contributed by atoms with Gasteiger partial charge in [0.1, 0.15) is 0 Å². The normalized spacial score (nSPS) is 15.8. The minimum Gasteiger partial charge on any atom is -0.478 e. The zero-order valence-corrected chi connectivity index (χ0v) is 13.7. The van der Waals surface area contributed by atoms with Crippen molar-refractivity contribution in [2.24, 2.45) is 11.7 Å². The topological polar surface area (TPSA) is 92.4 Å². The molecule has 108 valence electrons. The van der Waals surface area contributed by atoms with E-state index in [9.17, 15) is 14.7 Å². The van der Waals surface area contributed by atoms with Crippen LogP contribution in [0, 0.1) is 5.92 Å². The van der Waals surface area contributed by atoms with Crippen LogP contribution in [0.25, 0.3) is 0 Å². The number of nitrogens with two attached hydrogens (primary N) is 1. The van der Waals surface area contributed by atoms with Crippen molar-refractivity contribution in [3.05, 3.63) is 26.6 Å². The third kappa shape index (κ3) is 3.80. The van der Waals surface area contributed by atoms with Crippen molar-refractivity contribution < 1.29 is 14.7 Å². The molecule has 1 fully saturated rings. The Kier molecular flexibility index (Phi) is 4.82. The molecule has 0 bridgehead atoms. The number of hydrogen-bond acceptors (Lipinski definition) is 3. The maximum atomic E-state index is 12.0. The van der Waals surface area contributed by atoms with Crippen LogP contribution >= 0.6 is 31.9 Å². The van der Waals surface area contributed by atoms with Gasteiger partial charge < -0.3 is 16.2 Å². The molecule has 4 N–H and O–H groups in total. The highest BCUT2D eigenvalue weighted by atomic mass is 79.9. The standard InChI is InChI=1S/C13H14Br2N2O3/c14-7-3-8(13(19)20)12(9(15)4-7)17-11(18)5-10(16)6-1-2-6/h3-4,6,10H,1-2,5,16H2,(H,17,18)(H,19,20). The monoisotopic (exact) mass is 404 g/mol. The van der Waals surface area contributed by atoms with Gasteiger partial charge in [0.2, 0.25) is 5.91 Å². The van der Waals surface area contributed by atoms with Crippen molar-refractivity contribution in [1.29, 1.82) is 0 Å². The lowest BCUT2D eigenvalue weighted by Gasteiger charge is -2.14. The number of halogens is 2. The Bertz CT molecular complexity index is 559. The molecule has 0 heterocycles. The minimum atomic E-state index is -1.10. The van der Waals surface area contributed by atoms with Gasteiger partial charge in [-0.15, -0.1) is 0 Å². The smallest absolute Gasteiger partial charge is 0.337 e. The molecule has 7 heteroatoms. The molecule has 1 aliphatic carbocycles. The number of amides is 1. The van der Waals surface area contributed by atoms with E-state index in [0.717, 1.165) is 12.8 Å². The van der Waals surface area contributed by atoms with E-state index in [1.54, 1.807) is 6.07 Å². The van der Waals surface area contributed by atoms with E-state index in [1.807, 2.05) is 0 Å². The van der Waals surface area contributed by atoms with Gasteiger partial charge in [-0.05, 0) is 46.8 Å². The van der Waals surface area contributed by atoms with Gasteiger partial charge in [-0.25, -0.2) is 4.79 Å². The van der Waals surface area contributed by atoms with Gasteiger partial charge in [0.25, 0.3) is 0 Å². The zero-order valence-electron chi connectivity index (χ0n) is 10.5. The van der Waals surface area contributed by atoms with Gasteiger partial charge in [-0.1, -0.05) is 15.9 Å². The summed E-state index contributed by atoms with van der Waals surface area (Å²) in [6, 6.07) is 2.98. The number of carbonyl (C=O) groups excluding carboxylic acids is 1. The highest BCUT2D eigenvalue weighted by Crippen LogP contribution is 2.34. The molecule has 2 rings (SSSR count). The van der Waals surface area contributed by atoms with Crippen molar-refractivity contribution in [2.75, 3.05) is 5.32 Å². The summed E-state index contributed by atoms with van der Waals surface area (Å²) in [4.78, 5) is 23.2. The van der Waals surface area contributed by atoms with Gasteiger partial charge in [0, 0.05) is 21.4 Å². The SMILES string of the molecule is NC(CC(=O)Nc1c(Br)cc(Br)cc1C(=O)O)C1CC1. The first kappa shape index (κ1) is 15.5. The van der Waals surface area contributed by atoms with Crippen molar-refractivity contribution in [2.45, 2.75) is 25.3 Å². The number of anilines is 1. The Hall–Kier alpha value is -0.920. The van der Waals surface area contributed by atoms with E-state index in [4.69, 9.17) is 5.73 Å². The van der Waals surface area contributed by atoms with Gasteiger partial charge >= 0.3 is 5.97 Å². The lowest BCUT2D eigenvalue weighted by Crippen LogP contribution is -2.29. The number of hydrogen-bond donors (Lipinski definition) is 3. The van der Waals surface area contributed by atoms with Gasteiger partial charge in [0.15, 0.2) is 0 Å². The van der Waals surface area contributed by atoms with E-state index in [1.165, 1.54) is 6.07 Å². The molecular formula is C13H14Br2N2O3. The van der Waals surface area contributed by atoms with Crippen LogP contribution in [0.3, 0.4) is 0 Å². The second kappa shape index (κ2) is 6.24. The van der Waals surface area contributed by atoms with Crippen molar-refractivity contribution in [3.63, 3.8) is 0 Å². The number of rotatable bonds is 5. The summed E-state index contributed by atoms with van der Waals surface area (Å²) in [5.41, 5.74) is 6.18. The minimum absolute atomic E-state index is 0.0274. The molecule has 1 amide bonds. The molecule has 1 unspecified atom stereocenters. The summed E-state index contributed by atoms with van der Waals surface area (Å²) in [7, 11) is 0. The molecule has 1 saturated carbocycles. The molecule has 20 heavy (non-hydrogen) atoms. The van der Waals surface area contributed by atoms with E-state index in [0.29, 0.717) is 14.9 Å². The zero-order chi connectivity index (χ0) is 14.9. The predicted octanol–water partition coefficient (Wildman–Crippen LogP) is 2.98. The van der Waals surface area contributed by atoms with Crippen molar-refractivity contribution in [1.82, 2.24) is 0 Å². The summed E-state index contributed by atoms with van der Waals surface area (Å²) < 4.78 is 1.13. The molecule has 0 radical (unpaired) electrons. The summed E-state index contributed by atoms with van der Waals surface area (Å²) >= 11 is 6.49. The maximum Gasteiger partial charge on any atom is 0.337 e. The first-order valence-electron chi connectivity index (χ1n) is 6.16. The fourth-order valence-electron chi connectivity index (χ4n) is 1.96. The second-order valence-electron chi connectivity index (χ2n) is 4.87. The molecule has 1 atom stereocenters. The predicted molar refractivity (Wildman–Crippen MR) is 82.7 cm³/mol. The highest BCUT2D eigenvalue weighted by Gasteiger charge is 2.30. The van der Waals surface area contributed by atoms with Crippen LogP contribution in [0.15, 0.2) is 21.1 Å². The Balaban J connectivity index is 2.15. The van der Waals surface area contributed by atoms with Crippen LogP contribution in [-0.4, -0.2) is 23.0 Å². The third-order valence-electron chi connectivity index (χ3n) is 3.20. The van der Waals surface area contributed by atoms with Crippen LogP contribution in [0.1, 0.15) is 29.6 Å². The number of nitrogens with one attached hydrogen (secondary N) is 1. The fourth-order valence-corrected chi connectivity index (χ4v) is 3.29. The quantitative estimate of drug-likeness (QED) is 0.701.